The van der Waals surface area contributed by atoms with E-state index in [1.165, 1.54) is 5.69 Å². The van der Waals surface area contributed by atoms with E-state index in [0.29, 0.717) is 12.0 Å². The van der Waals surface area contributed by atoms with Crippen molar-refractivity contribution in [3.05, 3.63) is 16.6 Å². The molecule has 0 unspecified atom stereocenters. The minimum absolute atomic E-state index is 0.472. The van der Waals surface area contributed by atoms with Crippen molar-refractivity contribution in [2.24, 2.45) is 0 Å². The first-order valence-corrected chi connectivity index (χ1v) is 5.06. The zero-order valence-electron chi connectivity index (χ0n) is 8.00. The standard InChI is InChI=1S/C9H15BrN2/c1-6(2)8-5-11-9(10)12(8)7(3)4/h5-7H,1-4H3. The van der Waals surface area contributed by atoms with E-state index in [4.69, 9.17) is 0 Å². The number of hydrogen-bond donors (Lipinski definition) is 0. The van der Waals surface area contributed by atoms with E-state index in [2.05, 4.69) is 53.2 Å². The van der Waals surface area contributed by atoms with Gasteiger partial charge in [-0.25, -0.2) is 4.98 Å². The topological polar surface area (TPSA) is 17.8 Å². The van der Waals surface area contributed by atoms with Gasteiger partial charge in [0, 0.05) is 17.9 Å². The fourth-order valence-electron chi connectivity index (χ4n) is 1.29. The molecule has 0 spiro atoms. The normalized spacial score (nSPS) is 11.6. The Morgan fingerprint density at radius 3 is 2.25 bits per heavy atom. The van der Waals surface area contributed by atoms with E-state index in [9.17, 15) is 0 Å². The largest absolute Gasteiger partial charge is 0.320 e. The summed E-state index contributed by atoms with van der Waals surface area (Å²) in [4.78, 5) is 4.24. The molecule has 0 aliphatic rings. The molecule has 0 saturated heterocycles. The summed E-state index contributed by atoms with van der Waals surface area (Å²) >= 11 is 3.44. The molecule has 3 heteroatoms. The van der Waals surface area contributed by atoms with E-state index < -0.39 is 0 Å². The van der Waals surface area contributed by atoms with E-state index in [1.807, 2.05) is 6.20 Å². The van der Waals surface area contributed by atoms with Crippen molar-refractivity contribution >= 4 is 15.9 Å². The highest BCUT2D eigenvalue weighted by Gasteiger charge is 2.12. The predicted octanol–water partition coefficient (Wildman–Crippen LogP) is 3.35. The summed E-state index contributed by atoms with van der Waals surface area (Å²) in [5.41, 5.74) is 1.29. The maximum absolute atomic E-state index is 4.24. The van der Waals surface area contributed by atoms with Gasteiger partial charge in [-0.3, -0.25) is 0 Å². The molecule has 1 aromatic rings. The summed E-state index contributed by atoms with van der Waals surface area (Å²) in [6, 6.07) is 0.472. The third-order valence-electron chi connectivity index (χ3n) is 1.89. The summed E-state index contributed by atoms with van der Waals surface area (Å²) in [5, 5.41) is 0. The SMILES string of the molecule is CC(C)c1cnc(Br)n1C(C)C. The Morgan fingerprint density at radius 1 is 1.33 bits per heavy atom. The van der Waals surface area contributed by atoms with Crippen molar-refractivity contribution in [1.82, 2.24) is 9.55 Å². The Balaban J connectivity index is 3.12. The first-order chi connectivity index (χ1) is 5.54. The van der Waals surface area contributed by atoms with Gasteiger partial charge in [0.1, 0.15) is 0 Å². The third-order valence-corrected chi connectivity index (χ3v) is 2.48. The van der Waals surface area contributed by atoms with Crippen LogP contribution in [0.1, 0.15) is 45.3 Å². The van der Waals surface area contributed by atoms with Gasteiger partial charge in [0.25, 0.3) is 0 Å². The molecule has 0 radical (unpaired) electrons. The molecule has 1 rings (SSSR count). The number of rotatable bonds is 2. The molecule has 0 N–H and O–H groups in total. The molecule has 12 heavy (non-hydrogen) atoms. The molecule has 0 amide bonds. The van der Waals surface area contributed by atoms with Crippen LogP contribution in [-0.2, 0) is 0 Å². The second-order valence-corrected chi connectivity index (χ2v) is 4.28. The predicted molar refractivity (Wildman–Crippen MR) is 54.4 cm³/mol. The lowest BCUT2D eigenvalue weighted by molar-refractivity contribution is 0.547. The summed E-state index contributed by atoms with van der Waals surface area (Å²) in [6.45, 7) is 8.70. The number of aromatic nitrogens is 2. The molecule has 1 heterocycles. The first-order valence-electron chi connectivity index (χ1n) is 4.26. The molecule has 2 nitrogen and oxygen atoms in total. The monoisotopic (exact) mass is 230 g/mol. The van der Waals surface area contributed by atoms with E-state index >= 15 is 0 Å². The van der Waals surface area contributed by atoms with Crippen LogP contribution in [0.2, 0.25) is 0 Å². The third kappa shape index (κ3) is 1.71. The second kappa shape index (κ2) is 3.60. The minimum Gasteiger partial charge on any atom is -0.320 e. The van der Waals surface area contributed by atoms with Crippen LogP contribution in [-0.4, -0.2) is 9.55 Å². The maximum Gasteiger partial charge on any atom is 0.177 e. The van der Waals surface area contributed by atoms with Gasteiger partial charge >= 0.3 is 0 Å². The fourth-order valence-corrected chi connectivity index (χ4v) is 2.01. The van der Waals surface area contributed by atoms with Crippen LogP contribution in [0.3, 0.4) is 0 Å². The Labute approximate surface area is 82.1 Å². The van der Waals surface area contributed by atoms with Crippen molar-refractivity contribution in [1.29, 1.82) is 0 Å². The van der Waals surface area contributed by atoms with Crippen LogP contribution in [0.5, 0.6) is 0 Å². The Morgan fingerprint density at radius 2 is 1.92 bits per heavy atom. The first kappa shape index (κ1) is 9.78. The zero-order chi connectivity index (χ0) is 9.30. The summed E-state index contributed by atoms with van der Waals surface area (Å²) in [5.74, 6) is 0.534. The van der Waals surface area contributed by atoms with Crippen molar-refractivity contribution in [2.45, 2.75) is 39.7 Å². The molecule has 0 aliphatic heterocycles. The van der Waals surface area contributed by atoms with E-state index in [-0.39, 0.29) is 0 Å². The fraction of sp³-hybridized carbons (Fsp3) is 0.667. The van der Waals surface area contributed by atoms with Crippen LogP contribution in [0.15, 0.2) is 10.9 Å². The van der Waals surface area contributed by atoms with Gasteiger partial charge in [0.05, 0.1) is 0 Å². The molecule has 0 saturated carbocycles. The lowest BCUT2D eigenvalue weighted by Gasteiger charge is -2.15. The molecule has 0 aromatic carbocycles. The van der Waals surface area contributed by atoms with Crippen molar-refractivity contribution in [3.63, 3.8) is 0 Å². The molecule has 0 atom stereocenters. The Hall–Kier alpha value is -0.310. The summed E-state index contributed by atoms with van der Waals surface area (Å²) in [7, 11) is 0. The average Bonchev–Trinajstić information content (AvgIpc) is 2.30. The maximum atomic E-state index is 4.24. The highest BCUT2D eigenvalue weighted by molar-refractivity contribution is 9.10. The smallest absolute Gasteiger partial charge is 0.177 e. The molecular weight excluding hydrogens is 216 g/mol. The molecule has 68 valence electrons. The summed E-state index contributed by atoms with van der Waals surface area (Å²) < 4.78 is 3.14. The Bertz CT molecular complexity index is 263. The lowest BCUT2D eigenvalue weighted by Crippen LogP contribution is -2.06. The van der Waals surface area contributed by atoms with Crippen molar-refractivity contribution < 1.29 is 0 Å². The number of halogens is 1. The van der Waals surface area contributed by atoms with Crippen LogP contribution in [0.25, 0.3) is 0 Å². The molecule has 0 fully saturated rings. The Kier molecular flexibility index (Phi) is 2.94. The molecule has 0 aliphatic carbocycles. The molecule has 0 bridgehead atoms. The highest BCUT2D eigenvalue weighted by Crippen LogP contribution is 2.23. The minimum atomic E-state index is 0.472. The van der Waals surface area contributed by atoms with Crippen molar-refractivity contribution in [2.75, 3.05) is 0 Å². The molecular formula is C9H15BrN2. The number of imidazole rings is 1. The van der Waals surface area contributed by atoms with Gasteiger partial charge in [0.2, 0.25) is 0 Å². The van der Waals surface area contributed by atoms with E-state index in [0.717, 1.165) is 4.73 Å². The van der Waals surface area contributed by atoms with Crippen LogP contribution >= 0.6 is 15.9 Å². The van der Waals surface area contributed by atoms with Crippen molar-refractivity contribution in [3.8, 4) is 0 Å². The van der Waals surface area contributed by atoms with Gasteiger partial charge in [-0.2, -0.15) is 0 Å². The van der Waals surface area contributed by atoms with Gasteiger partial charge in [-0.05, 0) is 35.7 Å². The van der Waals surface area contributed by atoms with Gasteiger partial charge in [-0.1, -0.05) is 13.8 Å². The number of nitrogens with zero attached hydrogens (tertiary/aromatic N) is 2. The number of hydrogen-bond acceptors (Lipinski definition) is 1. The zero-order valence-corrected chi connectivity index (χ0v) is 9.59. The molecule has 1 aromatic heterocycles. The quantitative estimate of drug-likeness (QED) is 0.763. The van der Waals surface area contributed by atoms with Crippen LogP contribution in [0, 0.1) is 0 Å². The van der Waals surface area contributed by atoms with Crippen LogP contribution < -0.4 is 0 Å². The average molecular weight is 231 g/mol. The lowest BCUT2D eigenvalue weighted by atomic mass is 10.1. The highest BCUT2D eigenvalue weighted by atomic mass is 79.9. The van der Waals surface area contributed by atoms with Gasteiger partial charge in [0.15, 0.2) is 4.73 Å². The van der Waals surface area contributed by atoms with Crippen LogP contribution in [0.4, 0.5) is 0 Å². The van der Waals surface area contributed by atoms with E-state index in [1.54, 1.807) is 0 Å². The van der Waals surface area contributed by atoms with Gasteiger partial charge < -0.3 is 4.57 Å². The second-order valence-electron chi connectivity index (χ2n) is 3.57. The summed E-state index contributed by atoms with van der Waals surface area (Å²) in [6.07, 6.45) is 1.94. The van der Waals surface area contributed by atoms with Gasteiger partial charge in [-0.15, -0.1) is 0 Å².